The van der Waals surface area contributed by atoms with Gasteiger partial charge in [-0.1, -0.05) is 5.21 Å². The van der Waals surface area contributed by atoms with Crippen LogP contribution in [0.4, 0.5) is 0 Å². The van der Waals surface area contributed by atoms with Crippen molar-refractivity contribution >= 4 is 0 Å². The monoisotopic (exact) mass is 148 g/mol. The van der Waals surface area contributed by atoms with E-state index in [0.29, 0.717) is 0 Å². The number of hydrogen-bond donors (Lipinski definition) is 0. The Morgan fingerprint density at radius 3 is 2.82 bits per heavy atom. The zero-order valence-corrected chi connectivity index (χ0v) is 6.28. The number of rotatable bonds is 1. The fourth-order valence-corrected chi connectivity index (χ4v) is 1.12. The molecule has 0 unspecified atom stereocenters. The van der Waals surface area contributed by atoms with Gasteiger partial charge >= 0.3 is 0 Å². The second kappa shape index (κ2) is 1.82. The van der Waals surface area contributed by atoms with Gasteiger partial charge in [0, 0.05) is 13.2 Å². The summed E-state index contributed by atoms with van der Waals surface area (Å²) in [6.45, 7) is 0. The lowest BCUT2D eigenvalue weighted by atomic mass is 10.1. The molecule has 1 heterocycles. The van der Waals surface area contributed by atoms with E-state index in [1.165, 1.54) is 0 Å². The Morgan fingerprint density at radius 2 is 2.45 bits per heavy atom. The Labute approximate surface area is 64.4 Å². The largest absolute Gasteiger partial charge is 0.255 e. The first kappa shape index (κ1) is 6.35. The van der Waals surface area contributed by atoms with Gasteiger partial charge in [-0.15, -0.1) is 5.10 Å². The van der Waals surface area contributed by atoms with Crippen LogP contribution in [0, 0.1) is 11.3 Å². The van der Waals surface area contributed by atoms with E-state index < -0.39 is 0 Å². The fourth-order valence-electron chi connectivity index (χ4n) is 1.12. The third kappa shape index (κ3) is 0.811. The summed E-state index contributed by atoms with van der Waals surface area (Å²) in [7, 11) is 1.81. The van der Waals surface area contributed by atoms with Gasteiger partial charge in [0.2, 0.25) is 0 Å². The second-order valence-corrected chi connectivity index (χ2v) is 2.97. The van der Waals surface area contributed by atoms with Crippen LogP contribution in [0.1, 0.15) is 18.5 Å². The van der Waals surface area contributed by atoms with Gasteiger partial charge in [0.05, 0.1) is 6.07 Å². The maximum Gasteiger partial charge on any atom is 0.103 e. The highest BCUT2D eigenvalue weighted by atomic mass is 15.4. The third-order valence-corrected chi connectivity index (χ3v) is 2.06. The van der Waals surface area contributed by atoms with E-state index in [1.54, 1.807) is 4.68 Å². The molecule has 2 rings (SSSR count). The highest BCUT2D eigenvalue weighted by molar-refractivity contribution is 5.31. The number of aromatic nitrogens is 3. The molecule has 0 aromatic carbocycles. The topological polar surface area (TPSA) is 54.5 Å². The zero-order chi connectivity index (χ0) is 7.90. The van der Waals surface area contributed by atoms with Crippen LogP contribution in [-0.2, 0) is 12.5 Å². The fraction of sp³-hybridized carbons (Fsp3) is 0.571. The first-order chi connectivity index (χ1) is 5.27. The zero-order valence-electron chi connectivity index (χ0n) is 6.28. The highest BCUT2D eigenvalue weighted by Gasteiger charge is 2.47. The van der Waals surface area contributed by atoms with Gasteiger partial charge in [0.15, 0.2) is 0 Å². The summed E-state index contributed by atoms with van der Waals surface area (Å²) in [6, 6.07) is 2.27. The quantitative estimate of drug-likeness (QED) is 0.578. The van der Waals surface area contributed by atoms with Crippen LogP contribution in [0.25, 0.3) is 0 Å². The average Bonchev–Trinajstić information content (AvgIpc) is 2.70. The summed E-state index contributed by atoms with van der Waals surface area (Å²) in [5.41, 5.74) is 0.538. The van der Waals surface area contributed by atoms with Crippen molar-refractivity contribution in [2.24, 2.45) is 7.05 Å². The first-order valence-electron chi connectivity index (χ1n) is 3.55. The lowest BCUT2D eigenvalue weighted by Gasteiger charge is -1.95. The Balaban J connectivity index is 2.38. The number of nitriles is 1. The predicted molar refractivity (Wildman–Crippen MR) is 37.5 cm³/mol. The standard InChI is InChI=1S/C7H8N4/c1-11-4-6(9-10-11)7(5-8)2-3-7/h4H,2-3H2,1H3. The number of nitrogens with zero attached hydrogens (tertiary/aromatic N) is 4. The molecule has 1 fully saturated rings. The van der Waals surface area contributed by atoms with E-state index in [-0.39, 0.29) is 5.41 Å². The van der Waals surface area contributed by atoms with Crippen LogP contribution in [0.2, 0.25) is 0 Å². The molecule has 1 saturated carbocycles. The first-order valence-corrected chi connectivity index (χ1v) is 3.55. The van der Waals surface area contributed by atoms with Crippen molar-refractivity contribution in [1.29, 1.82) is 5.26 Å². The van der Waals surface area contributed by atoms with Crippen LogP contribution in [0.5, 0.6) is 0 Å². The molecule has 4 heteroatoms. The van der Waals surface area contributed by atoms with Crippen molar-refractivity contribution in [3.05, 3.63) is 11.9 Å². The maximum atomic E-state index is 8.79. The maximum absolute atomic E-state index is 8.79. The van der Waals surface area contributed by atoms with Crippen molar-refractivity contribution in [3.63, 3.8) is 0 Å². The summed E-state index contributed by atoms with van der Waals surface area (Å²) in [4.78, 5) is 0. The summed E-state index contributed by atoms with van der Waals surface area (Å²) >= 11 is 0. The lowest BCUT2D eigenvalue weighted by Crippen LogP contribution is -2.02. The van der Waals surface area contributed by atoms with Crippen LogP contribution in [0.3, 0.4) is 0 Å². The summed E-state index contributed by atoms with van der Waals surface area (Å²) in [6.07, 6.45) is 3.68. The molecule has 56 valence electrons. The Bertz CT molecular complexity index is 315. The summed E-state index contributed by atoms with van der Waals surface area (Å²) in [5.74, 6) is 0. The van der Waals surface area contributed by atoms with Gasteiger partial charge < -0.3 is 0 Å². The molecule has 0 N–H and O–H groups in total. The molecule has 1 aromatic rings. The van der Waals surface area contributed by atoms with E-state index in [0.717, 1.165) is 18.5 Å². The normalized spacial score (nSPS) is 19.3. The second-order valence-electron chi connectivity index (χ2n) is 2.97. The Morgan fingerprint density at radius 1 is 1.73 bits per heavy atom. The highest BCUT2D eigenvalue weighted by Crippen LogP contribution is 2.46. The van der Waals surface area contributed by atoms with E-state index in [9.17, 15) is 0 Å². The molecule has 0 radical (unpaired) electrons. The van der Waals surface area contributed by atoms with Crippen LogP contribution in [-0.4, -0.2) is 15.0 Å². The molecule has 0 spiro atoms. The van der Waals surface area contributed by atoms with Gasteiger partial charge in [-0.05, 0) is 12.8 Å². The molecule has 11 heavy (non-hydrogen) atoms. The average molecular weight is 148 g/mol. The third-order valence-electron chi connectivity index (χ3n) is 2.06. The van der Waals surface area contributed by atoms with E-state index in [2.05, 4.69) is 16.4 Å². The van der Waals surface area contributed by atoms with E-state index in [1.807, 2.05) is 13.2 Å². The van der Waals surface area contributed by atoms with Crippen molar-refractivity contribution in [1.82, 2.24) is 15.0 Å². The minimum Gasteiger partial charge on any atom is -0.255 e. The predicted octanol–water partition coefficient (Wildman–Crippen LogP) is 0.370. The molecule has 4 nitrogen and oxygen atoms in total. The van der Waals surface area contributed by atoms with Crippen molar-refractivity contribution in [3.8, 4) is 6.07 Å². The minimum absolute atomic E-state index is 0.283. The van der Waals surface area contributed by atoms with Gasteiger partial charge in [-0.3, -0.25) is 4.68 Å². The molecule has 1 aromatic heterocycles. The molecule has 0 atom stereocenters. The van der Waals surface area contributed by atoms with Crippen LogP contribution >= 0.6 is 0 Å². The molecular weight excluding hydrogens is 140 g/mol. The van der Waals surface area contributed by atoms with E-state index in [4.69, 9.17) is 5.26 Å². The van der Waals surface area contributed by atoms with Crippen molar-refractivity contribution in [2.45, 2.75) is 18.3 Å². The van der Waals surface area contributed by atoms with Gasteiger partial charge in [0.25, 0.3) is 0 Å². The Hall–Kier alpha value is -1.37. The summed E-state index contributed by atoms with van der Waals surface area (Å²) in [5, 5.41) is 16.5. The van der Waals surface area contributed by atoms with Crippen LogP contribution in [0.15, 0.2) is 6.20 Å². The van der Waals surface area contributed by atoms with Gasteiger partial charge in [-0.25, -0.2) is 0 Å². The van der Waals surface area contributed by atoms with Crippen molar-refractivity contribution < 1.29 is 0 Å². The van der Waals surface area contributed by atoms with Crippen LogP contribution < -0.4 is 0 Å². The molecule has 1 aliphatic rings. The van der Waals surface area contributed by atoms with E-state index >= 15 is 0 Å². The molecule has 1 aliphatic carbocycles. The summed E-state index contributed by atoms with van der Waals surface area (Å²) < 4.78 is 1.63. The number of aryl methyl sites for hydroxylation is 1. The minimum atomic E-state index is -0.283. The molecule has 0 aliphatic heterocycles. The molecule has 0 bridgehead atoms. The molecule has 0 saturated heterocycles. The SMILES string of the molecule is Cn1cc(C2(C#N)CC2)nn1. The van der Waals surface area contributed by atoms with Gasteiger partial charge in [-0.2, -0.15) is 5.26 Å². The van der Waals surface area contributed by atoms with Gasteiger partial charge in [0.1, 0.15) is 11.1 Å². The smallest absolute Gasteiger partial charge is 0.103 e. The molecule has 0 amide bonds. The number of hydrogen-bond acceptors (Lipinski definition) is 3. The Kier molecular flexibility index (Phi) is 1.05. The lowest BCUT2D eigenvalue weighted by molar-refractivity contribution is 0.711. The molecular formula is C7H8N4. The van der Waals surface area contributed by atoms with Crippen molar-refractivity contribution in [2.75, 3.05) is 0 Å².